The molecule has 3 aliphatic rings. The van der Waals surface area contributed by atoms with E-state index in [1.807, 2.05) is 23.1 Å². The quantitative estimate of drug-likeness (QED) is 0.760. The highest BCUT2D eigenvalue weighted by Gasteiger charge is 2.48. The van der Waals surface area contributed by atoms with Crippen molar-refractivity contribution in [2.75, 3.05) is 33.2 Å². The number of likely N-dealkylation sites (N-methyl/N-ethyl adjacent to an activating group) is 1. The molecule has 2 fully saturated rings. The van der Waals surface area contributed by atoms with Gasteiger partial charge in [0, 0.05) is 38.3 Å². The summed E-state index contributed by atoms with van der Waals surface area (Å²) < 4.78 is 0. The third-order valence-electron chi connectivity index (χ3n) is 7.87. The molecule has 164 valence electrons. The second kappa shape index (κ2) is 7.99. The highest BCUT2D eigenvalue weighted by atomic mass is 16.2. The smallest absolute Gasteiger partial charge is 0.254 e. The molecule has 5 nitrogen and oxygen atoms in total. The molecule has 1 aromatic rings. The number of carbonyl (C=O) groups is 2. The van der Waals surface area contributed by atoms with Gasteiger partial charge in [0.1, 0.15) is 0 Å². The van der Waals surface area contributed by atoms with E-state index in [0.717, 1.165) is 63.0 Å². The standard InChI is InChI=1S/C25H37N3O2/c1-24(2,3)20-9-11-25(12-10-20,17-22(29)27-15-13-26(4)14-16-27)28-18-19-7-5-6-8-21(19)23(28)30/h5-8,20H,9-18H2,1-4H3. The van der Waals surface area contributed by atoms with Gasteiger partial charge in [-0.2, -0.15) is 0 Å². The van der Waals surface area contributed by atoms with E-state index in [-0.39, 0.29) is 22.8 Å². The zero-order chi connectivity index (χ0) is 21.5. The lowest BCUT2D eigenvalue weighted by Gasteiger charge is -2.49. The Bertz CT molecular complexity index is 797. The summed E-state index contributed by atoms with van der Waals surface area (Å²) in [6.07, 6.45) is 4.48. The van der Waals surface area contributed by atoms with Gasteiger partial charge < -0.3 is 14.7 Å². The van der Waals surface area contributed by atoms with Crippen LogP contribution in [-0.2, 0) is 11.3 Å². The molecule has 1 saturated carbocycles. The van der Waals surface area contributed by atoms with Crippen molar-refractivity contribution in [1.29, 1.82) is 0 Å². The normalized spacial score (nSPS) is 28.0. The summed E-state index contributed by atoms with van der Waals surface area (Å²) in [5.41, 5.74) is 1.85. The molecule has 0 N–H and O–H groups in total. The predicted octanol–water partition coefficient (Wildman–Crippen LogP) is 3.78. The third kappa shape index (κ3) is 4.01. The summed E-state index contributed by atoms with van der Waals surface area (Å²) >= 11 is 0. The van der Waals surface area contributed by atoms with E-state index < -0.39 is 0 Å². The van der Waals surface area contributed by atoms with Crippen LogP contribution in [0.1, 0.15) is 68.8 Å². The van der Waals surface area contributed by atoms with Gasteiger partial charge in [0.25, 0.3) is 5.91 Å². The van der Waals surface area contributed by atoms with Crippen LogP contribution in [0.3, 0.4) is 0 Å². The molecule has 5 heteroatoms. The molecule has 2 heterocycles. The average molecular weight is 412 g/mol. The minimum atomic E-state index is -0.349. The summed E-state index contributed by atoms with van der Waals surface area (Å²) in [6, 6.07) is 7.95. The van der Waals surface area contributed by atoms with Gasteiger partial charge in [0.05, 0.1) is 12.0 Å². The number of benzene rings is 1. The highest BCUT2D eigenvalue weighted by Crippen LogP contribution is 2.47. The number of piperazine rings is 1. The van der Waals surface area contributed by atoms with Crippen molar-refractivity contribution in [1.82, 2.24) is 14.7 Å². The van der Waals surface area contributed by atoms with Crippen molar-refractivity contribution in [3.05, 3.63) is 35.4 Å². The molecule has 1 saturated heterocycles. The Kier molecular flexibility index (Phi) is 5.69. The molecule has 0 aromatic heterocycles. The van der Waals surface area contributed by atoms with Crippen molar-refractivity contribution >= 4 is 11.8 Å². The first-order chi connectivity index (χ1) is 14.2. The van der Waals surface area contributed by atoms with Crippen LogP contribution in [0.2, 0.25) is 0 Å². The van der Waals surface area contributed by atoms with Crippen LogP contribution in [-0.4, -0.2) is 65.3 Å². The second-order valence-corrected chi connectivity index (χ2v) is 10.8. The number of hydrogen-bond donors (Lipinski definition) is 0. The molecule has 2 amide bonds. The van der Waals surface area contributed by atoms with E-state index >= 15 is 0 Å². The van der Waals surface area contributed by atoms with E-state index in [1.54, 1.807) is 0 Å². The topological polar surface area (TPSA) is 43.9 Å². The number of carbonyl (C=O) groups excluding carboxylic acids is 2. The summed E-state index contributed by atoms with van der Waals surface area (Å²) in [5, 5.41) is 0. The van der Waals surface area contributed by atoms with Crippen LogP contribution in [0, 0.1) is 11.3 Å². The van der Waals surface area contributed by atoms with E-state index in [0.29, 0.717) is 18.9 Å². The van der Waals surface area contributed by atoms with Gasteiger partial charge in [-0.1, -0.05) is 39.0 Å². The van der Waals surface area contributed by atoms with Crippen LogP contribution in [0.15, 0.2) is 24.3 Å². The molecule has 1 aliphatic carbocycles. The Balaban J connectivity index is 1.57. The number of fused-ring (bicyclic) bond motifs is 1. The minimum Gasteiger partial charge on any atom is -0.340 e. The van der Waals surface area contributed by atoms with Crippen molar-refractivity contribution in [3.8, 4) is 0 Å². The lowest BCUT2D eigenvalue weighted by atomic mass is 9.66. The molecular weight excluding hydrogens is 374 g/mol. The number of amides is 2. The number of hydrogen-bond acceptors (Lipinski definition) is 3. The van der Waals surface area contributed by atoms with Gasteiger partial charge in [0.2, 0.25) is 5.91 Å². The molecule has 0 spiro atoms. The van der Waals surface area contributed by atoms with Crippen LogP contribution >= 0.6 is 0 Å². The first-order valence-corrected chi connectivity index (χ1v) is 11.6. The summed E-state index contributed by atoms with van der Waals surface area (Å²) in [6.45, 7) is 11.0. The average Bonchev–Trinajstić information content (AvgIpc) is 3.06. The van der Waals surface area contributed by atoms with E-state index in [4.69, 9.17) is 0 Å². The zero-order valence-corrected chi connectivity index (χ0v) is 19.1. The predicted molar refractivity (Wildman–Crippen MR) is 119 cm³/mol. The highest BCUT2D eigenvalue weighted by molar-refractivity contribution is 5.99. The Morgan fingerprint density at radius 1 is 1.07 bits per heavy atom. The maximum Gasteiger partial charge on any atom is 0.254 e. The van der Waals surface area contributed by atoms with Crippen molar-refractivity contribution in [2.24, 2.45) is 11.3 Å². The molecular formula is C25H37N3O2. The largest absolute Gasteiger partial charge is 0.340 e. The SMILES string of the molecule is CN1CCN(C(=O)CC2(N3Cc4ccccc4C3=O)CCC(C(C)(C)C)CC2)CC1. The van der Waals surface area contributed by atoms with Gasteiger partial charge in [0.15, 0.2) is 0 Å². The van der Waals surface area contributed by atoms with Crippen LogP contribution < -0.4 is 0 Å². The van der Waals surface area contributed by atoms with Crippen LogP contribution in [0.4, 0.5) is 0 Å². The monoisotopic (exact) mass is 411 g/mol. The minimum absolute atomic E-state index is 0.117. The number of nitrogens with zero attached hydrogens (tertiary/aromatic N) is 3. The van der Waals surface area contributed by atoms with Gasteiger partial charge >= 0.3 is 0 Å². The maximum atomic E-state index is 13.4. The Morgan fingerprint density at radius 3 is 2.30 bits per heavy atom. The molecule has 0 radical (unpaired) electrons. The maximum absolute atomic E-state index is 13.4. The fraction of sp³-hybridized carbons (Fsp3) is 0.680. The van der Waals surface area contributed by atoms with E-state index in [1.165, 1.54) is 0 Å². The zero-order valence-electron chi connectivity index (χ0n) is 19.1. The second-order valence-electron chi connectivity index (χ2n) is 10.8. The van der Waals surface area contributed by atoms with Gasteiger partial charge in [-0.05, 0) is 55.7 Å². The molecule has 0 bridgehead atoms. The summed E-state index contributed by atoms with van der Waals surface area (Å²) in [4.78, 5) is 33.1. The molecule has 30 heavy (non-hydrogen) atoms. The van der Waals surface area contributed by atoms with Crippen LogP contribution in [0.25, 0.3) is 0 Å². The Labute approximate surface area is 181 Å². The van der Waals surface area contributed by atoms with Crippen LogP contribution in [0.5, 0.6) is 0 Å². The number of rotatable bonds is 3. The van der Waals surface area contributed by atoms with E-state index in [9.17, 15) is 9.59 Å². The summed E-state index contributed by atoms with van der Waals surface area (Å²) in [5.74, 6) is 0.983. The van der Waals surface area contributed by atoms with E-state index in [2.05, 4.69) is 43.7 Å². The lowest BCUT2D eigenvalue weighted by molar-refractivity contribution is -0.136. The van der Waals surface area contributed by atoms with Crippen molar-refractivity contribution in [3.63, 3.8) is 0 Å². The fourth-order valence-electron chi connectivity index (χ4n) is 5.65. The Morgan fingerprint density at radius 2 is 1.70 bits per heavy atom. The summed E-state index contributed by atoms with van der Waals surface area (Å²) in [7, 11) is 2.11. The first kappa shape index (κ1) is 21.4. The molecule has 0 atom stereocenters. The third-order valence-corrected chi connectivity index (χ3v) is 7.87. The fourth-order valence-corrected chi connectivity index (χ4v) is 5.65. The molecule has 2 aliphatic heterocycles. The molecule has 0 unspecified atom stereocenters. The molecule has 1 aromatic carbocycles. The van der Waals surface area contributed by atoms with Crippen molar-refractivity contribution in [2.45, 2.75) is 65.0 Å². The Hall–Kier alpha value is -1.88. The van der Waals surface area contributed by atoms with Gasteiger partial charge in [-0.15, -0.1) is 0 Å². The molecule has 4 rings (SSSR count). The first-order valence-electron chi connectivity index (χ1n) is 11.6. The van der Waals surface area contributed by atoms with Gasteiger partial charge in [-0.25, -0.2) is 0 Å². The van der Waals surface area contributed by atoms with Crippen molar-refractivity contribution < 1.29 is 9.59 Å². The lowest BCUT2D eigenvalue weighted by Crippen LogP contribution is -2.56. The van der Waals surface area contributed by atoms with Gasteiger partial charge in [-0.3, -0.25) is 9.59 Å².